The summed E-state index contributed by atoms with van der Waals surface area (Å²) in [5.74, 6) is 0.632. The fourth-order valence-electron chi connectivity index (χ4n) is 1.93. The molecule has 3 rings (SSSR count). The van der Waals surface area contributed by atoms with Gasteiger partial charge in [0.15, 0.2) is 11.2 Å². The van der Waals surface area contributed by atoms with Crippen LogP contribution in [0.5, 0.6) is 5.75 Å². The Hall–Kier alpha value is -3.09. The minimum absolute atomic E-state index is 0.167. The number of para-hydroxylation sites is 1. The molecule has 1 aromatic carbocycles. The molecule has 0 radical (unpaired) electrons. The fraction of sp³-hybridized carbons (Fsp3) is 0. The minimum atomic E-state index is -0.917. The number of H-pyrrole nitrogens is 2. The highest BCUT2D eigenvalue weighted by Crippen LogP contribution is 2.26. The van der Waals surface area contributed by atoms with E-state index in [9.17, 15) is 9.59 Å². The Labute approximate surface area is 112 Å². The number of rotatable bonds is 2. The molecular weight excluding hydrogens is 260 g/mol. The number of benzene rings is 1. The lowest BCUT2D eigenvalue weighted by Crippen LogP contribution is -2.16. The zero-order valence-corrected chi connectivity index (χ0v) is 10.2. The Bertz CT molecular complexity index is 850. The van der Waals surface area contributed by atoms with Crippen molar-refractivity contribution in [2.45, 2.75) is 0 Å². The second-order valence-corrected chi connectivity index (χ2v) is 4.08. The van der Waals surface area contributed by atoms with Crippen LogP contribution < -0.4 is 15.9 Å². The van der Waals surface area contributed by atoms with Gasteiger partial charge in [0.1, 0.15) is 11.3 Å². The van der Waals surface area contributed by atoms with Crippen LogP contribution in [-0.2, 0) is 0 Å². The van der Waals surface area contributed by atoms with E-state index in [2.05, 4.69) is 15.0 Å². The van der Waals surface area contributed by atoms with Crippen LogP contribution in [0.4, 0.5) is 4.79 Å². The minimum Gasteiger partial charge on any atom is -0.408 e. The van der Waals surface area contributed by atoms with Crippen molar-refractivity contribution in [1.82, 2.24) is 15.0 Å². The van der Waals surface area contributed by atoms with E-state index in [1.807, 2.05) is 0 Å². The number of nitrogens with two attached hydrogens (primary N) is 1. The molecule has 0 saturated carbocycles. The molecule has 1 amide bonds. The summed E-state index contributed by atoms with van der Waals surface area (Å²) >= 11 is 0. The first-order chi connectivity index (χ1) is 9.65. The van der Waals surface area contributed by atoms with Crippen molar-refractivity contribution in [3.8, 4) is 17.1 Å². The van der Waals surface area contributed by atoms with Crippen molar-refractivity contribution in [2.24, 2.45) is 5.73 Å². The van der Waals surface area contributed by atoms with Crippen molar-refractivity contribution in [3.63, 3.8) is 0 Å². The standard InChI is InChI=1S/C13H10N4O3/c14-13(19)20-10-3-1-2-8-11(10)17-12(16-8)7-6-15-5-4-9(7)18/h1-6H,(H2,14,19)(H,15,18)(H,16,17). The normalized spacial score (nSPS) is 10.6. The summed E-state index contributed by atoms with van der Waals surface area (Å²) in [7, 11) is 0. The SMILES string of the molecule is NC(=O)Oc1cccc2[nH]c(-c3c[nH]ccc3=O)nc12. The number of nitrogens with zero attached hydrogens (tertiary/aromatic N) is 1. The van der Waals surface area contributed by atoms with E-state index in [1.165, 1.54) is 12.3 Å². The molecule has 3 aromatic rings. The van der Waals surface area contributed by atoms with Crippen molar-refractivity contribution >= 4 is 17.1 Å². The summed E-state index contributed by atoms with van der Waals surface area (Å²) in [5, 5.41) is 0. The number of pyridine rings is 1. The Morgan fingerprint density at radius 1 is 1.30 bits per heavy atom. The number of carbonyl (C=O) groups excluding carboxylic acids is 1. The maximum absolute atomic E-state index is 11.8. The Morgan fingerprint density at radius 3 is 2.90 bits per heavy atom. The largest absolute Gasteiger partial charge is 0.410 e. The number of aromatic amines is 2. The number of carbonyl (C=O) groups is 1. The topological polar surface area (TPSA) is 114 Å². The number of primary amides is 1. The van der Waals surface area contributed by atoms with Crippen LogP contribution in [0, 0.1) is 0 Å². The van der Waals surface area contributed by atoms with Crippen LogP contribution in [0.15, 0.2) is 41.5 Å². The molecule has 0 atom stereocenters. The number of ether oxygens (including phenoxy) is 1. The number of hydrogen-bond acceptors (Lipinski definition) is 4. The highest BCUT2D eigenvalue weighted by atomic mass is 16.5. The van der Waals surface area contributed by atoms with Gasteiger partial charge in [-0.3, -0.25) is 4.79 Å². The molecule has 0 saturated heterocycles. The Balaban J connectivity index is 2.18. The van der Waals surface area contributed by atoms with Gasteiger partial charge in [-0.1, -0.05) is 6.07 Å². The lowest BCUT2D eigenvalue weighted by atomic mass is 10.2. The molecule has 7 heteroatoms. The van der Waals surface area contributed by atoms with Crippen molar-refractivity contribution in [2.75, 3.05) is 0 Å². The third-order valence-corrected chi connectivity index (χ3v) is 2.77. The molecule has 0 spiro atoms. The average molecular weight is 270 g/mol. The number of amides is 1. The fourth-order valence-corrected chi connectivity index (χ4v) is 1.93. The van der Waals surface area contributed by atoms with E-state index in [0.29, 0.717) is 22.4 Å². The predicted octanol–water partition coefficient (Wildman–Crippen LogP) is 1.38. The van der Waals surface area contributed by atoms with Crippen molar-refractivity contribution in [3.05, 3.63) is 46.9 Å². The number of imidazole rings is 1. The Morgan fingerprint density at radius 2 is 2.15 bits per heavy atom. The van der Waals surface area contributed by atoms with Gasteiger partial charge in [-0.25, -0.2) is 9.78 Å². The molecule has 2 heterocycles. The summed E-state index contributed by atoms with van der Waals surface area (Å²) in [4.78, 5) is 32.7. The predicted molar refractivity (Wildman–Crippen MR) is 72.4 cm³/mol. The third kappa shape index (κ3) is 2.01. The summed E-state index contributed by atoms with van der Waals surface area (Å²) in [6.07, 6.45) is 2.17. The summed E-state index contributed by atoms with van der Waals surface area (Å²) in [5.41, 5.74) is 6.31. The Kier molecular flexibility index (Phi) is 2.72. The number of nitrogens with one attached hydrogen (secondary N) is 2. The molecule has 0 aliphatic rings. The molecule has 0 aliphatic carbocycles. The highest BCUT2D eigenvalue weighted by Gasteiger charge is 2.12. The quantitative estimate of drug-likeness (QED) is 0.652. The molecule has 4 N–H and O–H groups in total. The van der Waals surface area contributed by atoms with Gasteiger partial charge in [-0.2, -0.15) is 0 Å². The van der Waals surface area contributed by atoms with Gasteiger partial charge in [0.05, 0.1) is 11.1 Å². The maximum atomic E-state index is 11.8. The third-order valence-electron chi connectivity index (χ3n) is 2.77. The second kappa shape index (κ2) is 4.54. The smallest absolute Gasteiger partial charge is 0.408 e. The van der Waals surface area contributed by atoms with Gasteiger partial charge in [-0.15, -0.1) is 0 Å². The average Bonchev–Trinajstić information content (AvgIpc) is 2.83. The molecule has 0 aliphatic heterocycles. The van der Waals surface area contributed by atoms with Gasteiger partial charge >= 0.3 is 6.09 Å². The van der Waals surface area contributed by atoms with Gasteiger partial charge in [0.25, 0.3) is 0 Å². The first-order valence-electron chi connectivity index (χ1n) is 5.78. The first-order valence-corrected chi connectivity index (χ1v) is 5.78. The van der Waals surface area contributed by atoms with E-state index in [-0.39, 0.29) is 11.2 Å². The lowest BCUT2D eigenvalue weighted by molar-refractivity contribution is 0.211. The van der Waals surface area contributed by atoms with E-state index in [0.717, 1.165) is 0 Å². The molecule has 20 heavy (non-hydrogen) atoms. The molecule has 0 unspecified atom stereocenters. The zero-order valence-electron chi connectivity index (χ0n) is 10.2. The highest BCUT2D eigenvalue weighted by molar-refractivity contribution is 5.86. The number of fused-ring (bicyclic) bond motifs is 1. The van der Waals surface area contributed by atoms with E-state index < -0.39 is 6.09 Å². The van der Waals surface area contributed by atoms with Crippen LogP contribution in [-0.4, -0.2) is 21.0 Å². The van der Waals surface area contributed by atoms with Crippen LogP contribution >= 0.6 is 0 Å². The van der Waals surface area contributed by atoms with Crippen LogP contribution in [0.25, 0.3) is 22.4 Å². The molecule has 7 nitrogen and oxygen atoms in total. The van der Waals surface area contributed by atoms with Gasteiger partial charge in [-0.05, 0) is 12.1 Å². The van der Waals surface area contributed by atoms with Crippen LogP contribution in [0.3, 0.4) is 0 Å². The maximum Gasteiger partial charge on any atom is 0.410 e. The number of aromatic nitrogens is 3. The summed E-state index contributed by atoms with van der Waals surface area (Å²) in [6.45, 7) is 0. The molecule has 100 valence electrons. The van der Waals surface area contributed by atoms with Crippen LogP contribution in [0.2, 0.25) is 0 Å². The first kappa shape index (κ1) is 12.0. The molecule has 0 fully saturated rings. The van der Waals surface area contributed by atoms with E-state index in [1.54, 1.807) is 24.4 Å². The van der Waals surface area contributed by atoms with Gasteiger partial charge in [0.2, 0.25) is 0 Å². The second-order valence-electron chi connectivity index (χ2n) is 4.08. The lowest BCUT2D eigenvalue weighted by Gasteiger charge is -1.99. The summed E-state index contributed by atoms with van der Waals surface area (Å²) < 4.78 is 4.88. The van der Waals surface area contributed by atoms with Crippen LogP contribution in [0.1, 0.15) is 0 Å². The van der Waals surface area contributed by atoms with Gasteiger partial charge in [0, 0.05) is 18.5 Å². The summed E-state index contributed by atoms with van der Waals surface area (Å²) in [6, 6.07) is 6.44. The van der Waals surface area contributed by atoms with Gasteiger partial charge < -0.3 is 20.4 Å². The van der Waals surface area contributed by atoms with Crippen molar-refractivity contribution in [1.29, 1.82) is 0 Å². The van der Waals surface area contributed by atoms with E-state index in [4.69, 9.17) is 10.5 Å². The molecule has 0 bridgehead atoms. The molecule has 2 aromatic heterocycles. The molecular formula is C13H10N4O3. The zero-order chi connectivity index (χ0) is 14.1. The monoisotopic (exact) mass is 270 g/mol. The number of hydrogen-bond donors (Lipinski definition) is 3. The van der Waals surface area contributed by atoms with Crippen molar-refractivity contribution < 1.29 is 9.53 Å². The van der Waals surface area contributed by atoms with E-state index >= 15 is 0 Å².